The molecular formula is C24H29N3O3. The van der Waals surface area contributed by atoms with E-state index in [1.165, 1.54) is 6.08 Å². The van der Waals surface area contributed by atoms with Crippen molar-refractivity contribution in [1.82, 2.24) is 10.2 Å². The fourth-order valence-corrected chi connectivity index (χ4v) is 4.83. The Bertz CT molecular complexity index is 855. The number of hydrogen-bond acceptors (Lipinski definition) is 4. The molecule has 3 rings (SSSR count). The van der Waals surface area contributed by atoms with Crippen molar-refractivity contribution >= 4 is 17.6 Å². The smallest absolute Gasteiger partial charge is 0.246 e. The monoisotopic (exact) mass is 407 g/mol. The number of carbonyl (C=O) groups is 3. The molecule has 158 valence electrons. The Labute approximate surface area is 177 Å². The molecule has 1 aliphatic carbocycles. The minimum atomic E-state index is -0.654. The maximum Gasteiger partial charge on any atom is 0.246 e. The van der Waals surface area contributed by atoms with Crippen LogP contribution in [0, 0.1) is 17.2 Å². The maximum atomic E-state index is 13.2. The van der Waals surface area contributed by atoms with Gasteiger partial charge >= 0.3 is 0 Å². The second-order valence-electron chi connectivity index (χ2n) is 8.21. The lowest BCUT2D eigenvalue weighted by molar-refractivity contribution is -0.138. The number of hydrogen-bond donors (Lipinski definition) is 1. The summed E-state index contributed by atoms with van der Waals surface area (Å²) in [5.74, 6) is -0.197. The summed E-state index contributed by atoms with van der Waals surface area (Å²) in [5.41, 5.74) is 1.42. The Balaban J connectivity index is 1.76. The largest absolute Gasteiger partial charge is 0.344 e. The third-order valence-corrected chi connectivity index (χ3v) is 6.40. The standard InChI is InChI=1S/C24H29N3O3/c1-3-22(28)19(13-16-9-11-17(15-25)12-10-16)26-24(30)21-14-18-7-5-6-8-20(18)27(21)23(29)4-2/h4,9-12,18-21H,2-3,5-8,13-14H2,1H3,(H,26,30)/t18-,19-,20-,21-/m0/s1. The van der Waals surface area contributed by atoms with Gasteiger partial charge in [-0.1, -0.05) is 38.5 Å². The minimum absolute atomic E-state index is 0.0512. The second-order valence-corrected chi connectivity index (χ2v) is 8.21. The van der Waals surface area contributed by atoms with Crippen LogP contribution in [0.15, 0.2) is 36.9 Å². The highest BCUT2D eigenvalue weighted by Crippen LogP contribution is 2.40. The van der Waals surface area contributed by atoms with Gasteiger partial charge in [-0.25, -0.2) is 0 Å². The number of rotatable bonds is 7. The predicted molar refractivity (Wildman–Crippen MR) is 113 cm³/mol. The molecule has 1 saturated heterocycles. The first-order valence-electron chi connectivity index (χ1n) is 10.7. The highest BCUT2D eigenvalue weighted by molar-refractivity contribution is 5.95. The summed E-state index contributed by atoms with van der Waals surface area (Å²) in [7, 11) is 0. The average molecular weight is 408 g/mol. The number of fused-ring (bicyclic) bond motifs is 1. The summed E-state index contributed by atoms with van der Waals surface area (Å²) in [5, 5.41) is 11.9. The van der Waals surface area contributed by atoms with Crippen molar-refractivity contribution in [1.29, 1.82) is 5.26 Å². The highest BCUT2D eigenvalue weighted by Gasteiger charge is 2.47. The van der Waals surface area contributed by atoms with Crippen LogP contribution in [-0.2, 0) is 20.8 Å². The van der Waals surface area contributed by atoms with Crippen LogP contribution in [-0.4, -0.2) is 40.6 Å². The lowest BCUT2D eigenvalue weighted by atomic mass is 9.84. The van der Waals surface area contributed by atoms with Crippen molar-refractivity contribution in [3.8, 4) is 6.07 Å². The van der Waals surface area contributed by atoms with Crippen LogP contribution < -0.4 is 5.32 Å². The highest BCUT2D eigenvalue weighted by atomic mass is 16.2. The van der Waals surface area contributed by atoms with Gasteiger partial charge in [-0.05, 0) is 55.4 Å². The lowest BCUT2D eigenvalue weighted by Gasteiger charge is -2.33. The van der Waals surface area contributed by atoms with Crippen LogP contribution in [0.25, 0.3) is 0 Å². The minimum Gasteiger partial charge on any atom is -0.344 e. The van der Waals surface area contributed by atoms with Crippen molar-refractivity contribution < 1.29 is 14.4 Å². The molecule has 1 N–H and O–H groups in total. The number of nitriles is 1. The summed E-state index contributed by atoms with van der Waals surface area (Å²) in [4.78, 5) is 40.0. The van der Waals surface area contributed by atoms with E-state index in [4.69, 9.17) is 5.26 Å². The second kappa shape index (κ2) is 9.71. The number of amides is 2. The van der Waals surface area contributed by atoms with E-state index in [-0.39, 0.29) is 23.6 Å². The zero-order chi connectivity index (χ0) is 21.7. The summed E-state index contributed by atoms with van der Waals surface area (Å²) in [6.45, 7) is 5.38. The number of Topliss-reactive ketones (excluding diaryl/α,β-unsaturated/α-hetero) is 1. The van der Waals surface area contributed by atoms with Crippen LogP contribution in [0.3, 0.4) is 0 Å². The molecule has 1 aliphatic heterocycles. The van der Waals surface area contributed by atoms with E-state index in [0.29, 0.717) is 30.7 Å². The Morgan fingerprint density at radius 2 is 1.97 bits per heavy atom. The van der Waals surface area contributed by atoms with Crippen molar-refractivity contribution in [2.75, 3.05) is 0 Å². The molecule has 0 bridgehead atoms. The normalized spacial score (nSPS) is 23.7. The van der Waals surface area contributed by atoms with E-state index in [9.17, 15) is 14.4 Å². The van der Waals surface area contributed by atoms with Gasteiger partial charge in [0.25, 0.3) is 0 Å². The van der Waals surface area contributed by atoms with Gasteiger partial charge < -0.3 is 10.2 Å². The molecule has 30 heavy (non-hydrogen) atoms. The molecule has 2 amide bonds. The Hall–Kier alpha value is -2.94. The first-order chi connectivity index (χ1) is 14.5. The molecule has 6 nitrogen and oxygen atoms in total. The van der Waals surface area contributed by atoms with Crippen LogP contribution in [0.2, 0.25) is 0 Å². The van der Waals surface area contributed by atoms with Gasteiger partial charge in [-0.2, -0.15) is 5.26 Å². The predicted octanol–water partition coefficient (Wildman–Crippen LogP) is 2.91. The molecule has 2 fully saturated rings. The summed E-state index contributed by atoms with van der Waals surface area (Å²) in [6.07, 6.45) is 6.72. The number of ketones is 1. The Morgan fingerprint density at radius 3 is 2.60 bits per heavy atom. The molecule has 1 aromatic carbocycles. The first-order valence-corrected chi connectivity index (χ1v) is 10.7. The van der Waals surface area contributed by atoms with Crippen molar-refractivity contribution in [2.24, 2.45) is 5.92 Å². The first kappa shape index (κ1) is 21.8. The molecule has 0 spiro atoms. The molecule has 6 heteroatoms. The fraction of sp³-hybridized carbons (Fsp3) is 0.500. The van der Waals surface area contributed by atoms with Gasteiger partial charge in [0, 0.05) is 12.5 Å². The fourth-order valence-electron chi connectivity index (χ4n) is 4.83. The Morgan fingerprint density at radius 1 is 1.27 bits per heavy atom. The molecule has 0 radical (unpaired) electrons. The quantitative estimate of drug-likeness (QED) is 0.704. The number of nitrogens with one attached hydrogen (secondary N) is 1. The number of likely N-dealkylation sites (tertiary alicyclic amines) is 1. The summed E-state index contributed by atoms with van der Waals surface area (Å²) in [6, 6.07) is 7.96. The molecular weight excluding hydrogens is 378 g/mol. The van der Waals surface area contributed by atoms with Gasteiger partial charge in [-0.15, -0.1) is 0 Å². The molecule has 1 saturated carbocycles. The van der Waals surface area contributed by atoms with Crippen LogP contribution >= 0.6 is 0 Å². The maximum absolute atomic E-state index is 13.2. The van der Waals surface area contributed by atoms with E-state index in [2.05, 4.69) is 18.0 Å². The molecule has 4 atom stereocenters. The average Bonchev–Trinajstić information content (AvgIpc) is 3.17. The van der Waals surface area contributed by atoms with Gasteiger partial charge in [0.15, 0.2) is 5.78 Å². The topological polar surface area (TPSA) is 90.3 Å². The third-order valence-electron chi connectivity index (χ3n) is 6.40. The van der Waals surface area contributed by atoms with E-state index < -0.39 is 12.1 Å². The molecule has 0 aromatic heterocycles. The Kier molecular flexibility index (Phi) is 7.04. The number of carbonyl (C=O) groups excluding carboxylic acids is 3. The van der Waals surface area contributed by atoms with E-state index in [0.717, 1.165) is 31.2 Å². The SMILES string of the molecule is C=CC(=O)N1[C@H](C(=O)N[C@@H](Cc2ccc(C#N)cc2)C(=O)CC)C[C@@H]2CCCC[C@@H]21. The van der Waals surface area contributed by atoms with Crippen molar-refractivity contribution in [3.05, 3.63) is 48.0 Å². The lowest BCUT2D eigenvalue weighted by Crippen LogP contribution is -2.53. The van der Waals surface area contributed by atoms with Gasteiger partial charge in [0.2, 0.25) is 11.8 Å². The van der Waals surface area contributed by atoms with Gasteiger partial charge in [0.1, 0.15) is 6.04 Å². The molecule has 1 heterocycles. The van der Waals surface area contributed by atoms with Crippen molar-refractivity contribution in [3.63, 3.8) is 0 Å². The van der Waals surface area contributed by atoms with Crippen molar-refractivity contribution in [2.45, 2.75) is 70.0 Å². The molecule has 0 unspecified atom stereocenters. The summed E-state index contributed by atoms with van der Waals surface area (Å²) < 4.78 is 0. The zero-order valence-corrected chi connectivity index (χ0v) is 17.5. The van der Waals surface area contributed by atoms with Crippen LogP contribution in [0.4, 0.5) is 0 Å². The van der Waals surface area contributed by atoms with Crippen LogP contribution in [0.1, 0.15) is 56.6 Å². The summed E-state index contributed by atoms with van der Waals surface area (Å²) >= 11 is 0. The zero-order valence-electron chi connectivity index (χ0n) is 17.5. The van der Waals surface area contributed by atoms with Gasteiger partial charge in [0.05, 0.1) is 17.7 Å². The number of benzene rings is 1. The molecule has 1 aromatic rings. The third kappa shape index (κ3) is 4.62. The van der Waals surface area contributed by atoms with E-state index >= 15 is 0 Å². The van der Waals surface area contributed by atoms with Gasteiger partial charge in [-0.3, -0.25) is 14.4 Å². The van der Waals surface area contributed by atoms with E-state index in [1.807, 2.05) is 0 Å². The van der Waals surface area contributed by atoms with Crippen LogP contribution in [0.5, 0.6) is 0 Å². The van der Waals surface area contributed by atoms with E-state index in [1.54, 1.807) is 36.1 Å². The molecule has 2 aliphatic rings. The number of nitrogens with zero attached hydrogens (tertiary/aromatic N) is 2.